The Bertz CT molecular complexity index is 424. The molecule has 18 heavy (non-hydrogen) atoms. The Morgan fingerprint density at radius 2 is 1.89 bits per heavy atom. The Kier molecular flexibility index (Phi) is 6.21. The van der Waals surface area contributed by atoms with Crippen LogP contribution in [0.25, 0.3) is 0 Å². The Morgan fingerprint density at radius 3 is 2.50 bits per heavy atom. The molecule has 0 atom stereocenters. The highest BCUT2D eigenvalue weighted by Crippen LogP contribution is 2.08. The van der Waals surface area contributed by atoms with Crippen molar-refractivity contribution in [1.29, 1.82) is 0 Å². The smallest absolute Gasteiger partial charge is 0.327 e. The molecule has 0 amide bonds. The lowest BCUT2D eigenvalue weighted by Gasteiger charge is -2.23. The van der Waals surface area contributed by atoms with Gasteiger partial charge in [-0.15, -0.1) is 0 Å². The van der Waals surface area contributed by atoms with Gasteiger partial charge in [0.2, 0.25) is 0 Å². The Balaban J connectivity index is 2.79. The van der Waals surface area contributed by atoms with E-state index in [2.05, 4.69) is 16.9 Å². The molecule has 0 unspecified atom stereocenters. The number of H-pyrrole nitrogens is 2. The van der Waals surface area contributed by atoms with Crippen LogP contribution in [-0.2, 0) is 0 Å². The summed E-state index contributed by atoms with van der Waals surface area (Å²) in [5.41, 5.74) is -0.876. The molecule has 0 saturated heterocycles. The fourth-order valence-corrected chi connectivity index (χ4v) is 1.74. The first kappa shape index (κ1) is 14.5. The minimum Gasteiger partial charge on any atom is -0.396 e. The molecule has 6 heteroatoms. The van der Waals surface area contributed by atoms with Gasteiger partial charge in [0.15, 0.2) is 0 Å². The second-order valence-corrected chi connectivity index (χ2v) is 4.24. The van der Waals surface area contributed by atoms with Crippen LogP contribution in [-0.4, -0.2) is 34.8 Å². The van der Waals surface area contributed by atoms with Gasteiger partial charge >= 0.3 is 5.69 Å². The SMILES string of the molecule is CCCCN(CCCCO)c1cc(=O)[nH]c(=O)[nH]1. The van der Waals surface area contributed by atoms with Crippen molar-refractivity contribution in [3.8, 4) is 0 Å². The first-order chi connectivity index (χ1) is 8.67. The summed E-state index contributed by atoms with van der Waals surface area (Å²) in [6.45, 7) is 3.77. The Labute approximate surface area is 106 Å². The summed E-state index contributed by atoms with van der Waals surface area (Å²) in [6.07, 6.45) is 3.59. The minimum atomic E-state index is -0.485. The zero-order valence-electron chi connectivity index (χ0n) is 10.7. The molecule has 1 aromatic rings. The highest BCUT2D eigenvalue weighted by molar-refractivity contribution is 5.36. The van der Waals surface area contributed by atoms with Crippen LogP contribution in [0.15, 0.2) is 15.7 Å². The molecule has 1 heterocycles. The molecule has 0 aliphatic rings. The number of nitrogens with zero attached hydrogens (tertiary/aromatic N) is 1. The molecule has 0 aromatic carbocycles. The molecule has 0 aliphatic carbocycles. The fourth-order valence-electron chi connectivity index (χ4n) is 1.74. The number of unbranched alkanes of at least 4 members (excludes halogenated alkanes) is 2. The van der Waals surface area contributed by atoms with Gasteiger partial charge in [-0.1, -0.05) is 13.3 Å². The average molecular weight is 255 g/mol. The predicted octanol–water partition coefficient (Wildman–Crippen LogP) is 0.442. The molecule has 0 saturated carbocycles. The number of anilines is 1. The van der Waals surface area contributed by atoms with Gasteiger partial charge < -0.3 is 10.0 Å². The van der Waals surface area contributed by atoms with Gasteiger partial charge in [0.25, 0.3) is 5.56 Å². The molecule has 0 bridgehead atoms. The number of nitrogens with one attached hydrogen (secondary N) is 2. The average Bonchev–Trinajstić information content (AvgIpc) is 2.32. The number of aromatic amines is 2. The summed E-state index contributed by atoms with van der Waals surface area (Å²) in [5, 5.41) is 8.78. The monoisotopic (exact) mass is 255 g/mol. The fraction of sp³-hybridized carbons (Fsp3) is 0.667. The third kappa shape index (κ3) is 4.75. The van der Waals surface area contributed by atoms with Crippen molar-refractivity contribution in [2.24, 2.45) is 0 Å². The lowest BCUT2D eigenvalue weighted by Crippen LogP contribution is -2.32. The first-order valence-corrected chi connectivity index (χ1v) is 6.36. The van der Waals surface area contributed by atoms with Gasteiger partial charge in [-0.05, 0) is 19.3 Å². The third-order valence-electron chi connectivity index (χ3n) is 2.70. The van der Waals surface area contributed by atoms with Crippen LogP contribution in [0.3, 0.4) is 0 Å². The first-order valence-electron chi connectivity index (χ1n) is 6.36. The molecule has 1 aromatic heterocycles. The number of aliphatic hydroxyl groups excluding tert-OH is 1. The normalized spacial score (nSPS) is 10.6. The number of aliphatic hydroxyl groups is 1. The maximum Gasteiger partial charge on any atom is 0.327 e. The molecule has 0 radical (unpaired) electrons. The highest BCUT2D eigenvalue weighted by atomic mass is 16.3. The van der Waals surface area contributed by atoms with Gasteiger partial charge in [-0.2, -0.15) is 0 Å². The quantitative estimate of drug-likeness (QED) is 0.588. The second kappa shape index (κ2) is 7.71. The van der Waals surface area contributed by atoms with E-state index in [1.807, 2.05) is 4.90 Å². The van der Waals surface area contributed by atoms with E-state index in [-0.39, 0.29) is 6.61 Å². The van der Waals surface area contributed by atoms with Crippen LogP contribution in [0, 0.1) is 0 Å². The van der Waals surface area contributed by atoms with Gasteiger partial charge in [-0.3, -0.25) is 14.8 Å². The van der Waals surface area contributed by atoms with Crippen molar-refractivity contribution in [3.63, 3.8) is 0 Å². The van der Waals surface area contributed by atoms with E-state index in [1.165, 1.54) is 6.07 Å². The topological polar surface area (TPSA) is 89.2 Å². The van der Waals surface area contributed by atoms with E-state index >= 15 is 0 Å². The summed E-state index contributed by atoms with van der Waals surface area (Å²) >= 11 is 0. The van der Waals surface area contributed by atoms with E-state index in [9.17, 15) is 9.59 Å². The minimum absolute atomic E-state index is 0.160. The van der Waals surface area contributed by atoms with Crippen LogP contribution < -0.4 is 16.1 Å². The van der Waals surface area contributed by atoms with E-state index < -0.39 is 11.2 Å². The molecule has 0 aliphatic heterocycles. The second-order valence-electron chi connectivity index (χ2n) is 4.24. The van der Waals surface area contributed by atoms with Crippen molar-refractivity contribution < 1.29 is 5.11 Å². The van der Waals surface area contributed by atoms with Crippen LogP contribution in [0.1, 0.15) is 32.6 Å². The molecular formula is C12H21N3O3. The summed E-state index contributed by atoms with van der Waals surface area (Å²) in [5.74, 6) is 0.551. The number of hydrogen-bond donors (Lipinski definition) is 3. The van der Waals surface area contributed by atoms with Crippen LogP contribution in [0.5, 0.6) is 0 Å². The largest absolute Gasteiger partial charge is 0.396 e. The summed E-state index contributed by atoms with van der Waals surface area (Å²) in [7, 11) is 0. The molecule has 6 nitrogen and oxygen atoms in total. The van der Waals surface area contributed by atoms with E-state index in [0.29, 0.717) is 5.82 Å². The van der Waals surface area contributed by atoms with Crippen molar-refractivity contribution in [3.05, 3.63) is 26.9 Å². The Morgan fingerprint density at radius 1 is 1.17 bits per heavy atom. The van der Waals surface area contributed by atoms with Crippen molar-refractivity contribution in [2.75, 3.05) is 24.6 Å². The van der Waals surface area contributed by atoms with Crippen LogP contribution in [0.4, 0.5) is 5.82 Å². The summed E-state index contributed by atoms with van der Waals surface area (Å²) in [4.78, 5) is 29.3. The van der Waals surface area contributed by atoms with Crippen molar-refractivity contribution >= 4 is 5.82 Å². The van der Waals surface area contributed by atoms with Crippen molar-refractivity contribution in [2.45, 2.75) is 32.6 Å². The molecule has 3 N–H and O–H groups in total. The molecular weight excluding hydrogens is 234 g/mol. The van der Waals surface area contributed by atoms with Crippen LogP contribution in [0.2, 0.25) is 0 Å². The summed E-state index contributed by atoms with van der Waals surface area (Å²) < 4.78 is 0. The predicted molar refractivity (Wildman–Crippen MR) is 71.1 cm³/mol. The number of aromatic nitrogens is 2. The number of rotatable bonds is 8. The number of hydrogen-bond acceptors (Lipinski definition) is 4. The van der Waals surface area contributed by atoms with E-state index in [4.69, 9.17) is 5.11 Å². The van der Waals surface area contributed by atoms with Gasteiger partial charge in [0.1, 0.15) is 5.82 Å². The van der Waals surface area contributed by atoms with E-state index in [0.717, 1.165) is 38.8 Å². The molecule has 102 valence electrons. The van der Waals surface area contributed by atoms with Crippen molar-refractivity contribution in [1.82, 2.24) is 9.97 Å². The van der Waals surface area contributed by atoms with Crippen LogP contribution >= 0.6 is 0 Å². The maximum absolute atomic E-state index is 11.3. The molecule has 0 spiro atoms. The Hall–Kier alpha value is -1.56. The van der Waals surface area contributed by atoms with Gasteiger partial charge in [0, 0.05) is 25.8 Å². The molecule has 0 fully saturated rings. The lowest BCUT2D eigenvalue weighted by molar-refractivity contribution is 0.285. The zero-order chi connectivity index (χ0) is 13.4. The molecule has 1 rings (SSSR count). The van der Waals surface area contributed by atoms with Gasteiger partial charge in [-0.25, -0.2) is 4.79 Å². The van der Waals surface area contributed by atoms with E-state index in [1.54, 1.807) is 0 Å². The maximum atomic E-state index is 11.3. The highest BCUT2D eigenvalue weighted by Gasteiger charge is 2.07. The van der Waals surface area contributed by atoms with Gasteiger partial charge in [0.05, 0.1) is 0 Å². The zero-order valence-corrected chi connectivity index (χ0v) is 10.7. The standard InChI is InChI=1S/C12H21N3O3/c1-2-3-6-15(7-4-5-8-16)10-9-11(17)14-12(18)13-10/h9,16H,2-8H2,1H3,(H2,13,14,17,18). The lowest BCUT2D eigenvalue weighted by atomic mass is 10.2. The third-order valence-corrected chi connectivity index (χ3v) is 2.70. The summed E-state index contributed by atoms with van der Waals surface area (Å²) in [6, 6.07) is 1.40.